The fourth-order valence-corrected chi connectivity index (χ4v) is 4.21. The molecule has 0 aliphatic heterocycles. The molecule has 0 bridgehead atoms. The average Bonchev–Trinajstić information content (AvgIpc) is 2.90. The summed E-state index contributed by atoms with van der Waals surface area (Å²) < 4.78 is 0. The average molecular weight is 519 g/mol. The van der Waals surface area contributed by atoms with Crippen molar-refractivity contribution in [3.63, 3.8) is 0 Å². The lowest BCUT2D eigenvalue weighted by Gasteiger charge is -2.24. The number of benzene rings is 3. The number of rotatable bonds is 13. The van der Waals surface area contributed by atoms with Crippen LogP contribution in [0.1, 0.15) is 36.4 Å². The van der Waals surface area contributed by atoms with Crippen LogP contribution in [-0.4, -0.2) is 47.5 Å². The van der Waals surface area contributed by atoms with Gasteiger partial charge in [0.25, 0.3) is 0 Å². The van der Waals surface area contributed by atoms with Gasteiger partial charge in [-0.2, -0.15) is 0 Å². The van der Waals surface area contributed by atoms with Crippen molar-refractivity contribution in [1.29, 1.82) is 0 Å². The number of nitrogens with one attached hydrogen (secondary N) is 2. The number of carbonyl (C=O) groups excluding carboxylic acids is 2. The highest BCUT2D eigenvalue weighted by atomic mass is 16.4. The third kappa shape index (κ3) is 8.31. The monoisotopic (exact) mass is 518 g/mol. The van der Waals surface area contributed by atoms with Gasteiger partial charge in [-0.1, -0.05) is 72.8 Å². The highest BCUT2D eigenvalue weighted by Crippen LogP contribution is 2.27. The van der Waals surface area contributed by atoms with Crippen LogP contribution in [0, 0.1) is 0 Å². The Labute approximate surface area is 221 Å². The Morgan fingerprint density at radius 2 is 1.58 bits per heavy atom. The molecule has 0 saturated heterocycles. The lowest BCUT2D eigenvalue weighted by atomic mass is 9.95. The smallest absolute Gasteiger partial charge is 0.326 e. The summed E-state index contributed by atoms with van der Waals surface area (Å²) in [6.07, 6.45) is 0.813. The summed E-state index contributed by atoms with van der Waals surface area (Å²) in [4.78, 5) is 41.9. The van der Waals surface area contributed by atoms with E-state index in [2.05, 4.69) is 15.6 Å². The molecule has 3 aromatic rings. The van der Waals surface area contributed by atoms with Gasteiger partial charge in [-0.05, 0) is 34.7 Å². The standard InChI is InChI=1S/C28H34N6O4/c29-22(14-7-15-32-28(30)31)26(36)34-23(21-13-6-11-19-10-4-5-12-20(19)21)17-25(35)33-24(27(37)38)16-18-8-2-1-3-9-18/h1-6,8-13,22-24H,7,14-17,29H2,(H,33,35)(H,34,36)(H,37,38)(H4,30,31,32)/t22-,23?,24-/m0/s1. The number of aliphatic imine (C=N–C) groups is 1. The van der Waals surface area contributed by atoms with E-state index < -0.39 is 35.9 Å². The van der Waals surface area contributed by atoms with Gasteiger partial charge >= 0.3 is 5.97 Å². The molecule has 9 N–H and O–H groups in total. The molecule has 2 amide bonds. The van der Waals surface area contributed by atoms with Crippen molar-refractivity contribution in [1.82, 2.24) is 10.6 Å². The molecule has 0 fully saturated rings. The van der Waals surface area contributed by atoms with Gasteiger partial charge in [-0.25, -0.2) is 4.79 Å². The molecule has 10 nitrogen and oxygen atoms in total. The van der Waals surface area contributed by atoms with Crippen LogP contribution in [0.3, 0.4) is 0 Å². The van der Waals surface area contributed by atoms with E-state index in [4.69, 9.17) is 17.2 Å². The largest absolute Gasteiger partial charge is 0.480 e. The minimum absolute atomic E-state index is 0.0306. The zero-order valence-corrected chi connectivity index (χ0v) is 21.0. The molecule has 0 radical (unpaired) electrons. The van der Waals surface area contributed by atoms with Crippen LogP contribution < -0.4 is 27.8 Å². The first-order chi connectivity index (χ1) is 18.2. The topological polar surface area (TPSA) is 186 Å². The van der Waals surface area contributed by atoms with Crippen LogP contribution in [0.4, 0.5) is 0 Å². The first kappa shape index (κ1) is 28.1. The second-order valence-electron chi connectivity index (χ2n) is 9.04. The molecule has 0 heterocycles. The molecule has 0 saturated carbocycles. The van der Waals surface area contributed by atoms with E-state index in [0.717, 1.165) is 21.9 Å². The third-order valence-electron chi connectivity index (χ3n) is 6.13. The maximum atomic E-state index is 13.1. The summed E-state index contributed by atoms with van der Waals surface area (Å²) in [6, 6.07) is 19.6. The summed E-state index contributed by atoms with van der Waals surface area (Å²) in [5, 5.41) is 17.0. The zero-order chi connectivity index (χ0) is 27.5. The van der Waals surface area contributed by atoms with E-state index >= 15 is 0 Å². The van der Waals surface area contributed by atoms with Crippen LogP contribution >= 0.6 is 0 Å². The molecule has 1 unspecified atom stereocenters. The number of amides is 2. The molecule has 38 heavy (non-hydrogen) atoms. The van der Waals surface area contributed by atoms with Crippen LogP contribution in [0.2, 0.25) is 0 Å². The SMILES string of the molecule is NC(N)=NCCC[C@H](N)C(=O)NC(CC(=O)N[C@@H](Cc1ccccc1)C(=O)O)c1cccc2ccccc12. The number of nitrogens with zero attached hydrogens (tertiary/aromatic N) is 1. The number of carboxylic acid groups (broad SMARTS) is 1. The number of fused-ring (bicyclic) bond motifs is 1. The van der Waals surface area contributed by atoms with E-state index in [9.17, 15) is 19.5 Å². The molecule has 0 aliphatic rings. The maximum absolute atomic E-state index is 13.1. The number of hydrogen-bond acceptors (Lipinski definition) is 5. The van der Waals surface area contributed by atoms with Crippen LogP contribution in [-0.2, 0) is 20.8 Å². The molecule has 3 atom stereocenters. The zero-order valence-electron chi connectivity index (χ0n) is 21.0. The van der Waals surface area contributed by atoms with Crippen molar-refractivity contribution in [2.45, 2.75) is 43.8 Å². The predicted octanol–water partition coefficient (Wildman–Crippen LogP) is 1.58. The molecular formula is C28H34N6O4. The predicted molar refractivity (Wildman–Crippen MR) is 147 cm³/mol. The Bertz CT molecular complexity index is 1270. The summed E-state index contributed by atoms with van der Waals surface area (Å²) in [5.74, 6) is -2.11. The molecular weight excluding hydrogens is 484 g/mol. The van der Waals surface area contributed by atoms with Gasteiger partial charge in [0.1, 0.15) is 6.04 Å². The highest BCUT2D eigenvalue weighted by molar-refractivity contribution is 5.90. The molecule has 200 valence electrons. The molecule has 0 spiro atoms. The van der Waals surface area contributed by atoms with E-state index in [0.29, 0.717) is 19.4 Å². The van der Waals surface area contributed by atoms with Crippen LogP contribution in [0.5, 0.6) is 0 Å². The van der Waals surface area contributed by atoms with E-state index in [1.54, 1.807) is 12.1 Å². The van der Waals surface area contributed by atoms with Crippen LogP contribution in [0.25, 0.3) is 10.8 Å². The van der Waals surface area contributed by atoms with Crippen molar-refractivity contribution in [2.24, 2.45) is 22.2 Å². The maximum Gasteiger partial charge on any atom is 0.326 e. The molecule has 0 aromatic heterocycles. The fraction of sp³-hybridized carbons (Fsp3) is 0.286. The number of hydrogen-bond donors (Lipinski definition) is 6. The van der Waals surface area contributed by atoms with Crippen molar-refractivity contribution < 1.29 is 19.5 Å². The van der Waals surface area contributed by atoms with Gasteiger partial charge in [0, 0.05) is 13.0 Å². The van der Waals surface area contributed by atoms with Gasteiger partial charge in [0.15, 0.2) is 5.96 Å². The molecule has 10 heteroatoms. The minimum Gasteiger partial charge on any atom is -0.480 e. The quantitative estimate of drug-likeness (QED) is 0.113. The van der Waals surface area contributed by atoms with E-state index in [-0.39, 0.29) is 18.8 Å². The summed E-state index contributed by atoms with van der Waals surface area (Å²) in [5.41, 5.74) is 18.3. The van der Waals surface area contributed by atoms with E-state index in [1.807, 2.05) is 60.7 Å². The van der Waals surface area contributed by atoms with Gasteiger partial charge < -0.3 is 32.9 Å². The third-order valence-corrected chi connectivity index (χ3v) is 6.13. The number of carbonyl (C=O) groups is 3. The molecule has 3 rings (SSSR count). The first-order valence-corrected chi connectivity index (χ1v) is 12.4. The Morgan fingerprint density at radius 1 is 0.895 bits per heavy atom. The lowest BCUT2D eigenvalue weighted by molar-refractivity contribution is -0.142. The molecule has 3 aromatic carbocycles. The van der Waals surface area contributed by atoms with Crippen molar-refractivity contribution >= 4 is 34.5 Å². The number of nitrogens with two attached hydrogens (primary N) is 3. The minimum atomic E-state index is -1.14. The van der Waals surface area contributed by atoms with Gasteiger partial charge in [0.2, 0.25) is 11.8 Å². The molecule has 0 aliphatic carbocycles. The second-order valence-corrected chi connectivity index (χ2v) is 9.04. The van der Waals surface area contributed by atoms with Crippen LogP contribution in [0.15, 0.2) is 77.8 Å². The first-order valence-electron chi connectivity index (χ1n) is 12.4. The Hall–Kier alpha value is -4.44. The summed E-state index contributed by atoms with van der Waals surface area (Å²) in [7, 11) is 0. The summed E-state index contributed by atoms with van der Waals surface area (Å²) in [6.45, 7) is 0.344. The number of guanidine groups is 1. The number of aliphatic carboxylic acids is 1. The van der Waals surface area contributed by atoms with Gasteiger partial charge in [0.05, 0.1) is 18.5 Å². The van der Waals surface area contributed by atoms with Crippen molar-refractivity contribution in [3.05, 3.63) is 83.9 Å². The van der Waals surface area contributed by atoms with Crippen molar-refractivity contribution in [2.75, 3.05) is 6.54 Å². The fourth-order valence-electron chi connectivity index (χ4n) is 4.21. The Kier molecular flexibility index (Phi) is 10.2. The second kappa shape index (κ2) is 13.8. The van der Waals surface area contributed by atoms with Gasteiger partial charge in [-0.3, -0.25) is 14.6 Å². The van der Waals surface area contributed by atoms with E-state index in [1.165, 1.54) is 0 Å². The van der Waals surface area contributed by atoms with Gasteiger partial charge in [-0.15, -0.1) is 0 Å². The Morgan fingerprint density at radius 3 is 2.29 bits per heavy atom. The lowest BCUT2D eigenvalue weighted by Crippen LogP contribution is -2.46. The van der Waals surface area contributed by atoms with Crippen molar-refractivity contribution in [3.8, 4) is 0 Å². The highest BCUT2D eigenvalue weighted by Gasteiger charge is 2.26. The normalized spacial score (nSPS) is 13.2. The summed E-state index contributed by atoms with van der Waals surface area (Å²) >= 11 is 0. The number of carboxylic acids is 1. The Balaban J connectivity index is 1.78.